The lowest BCUT2D eigenvalue weighted by atomic mass is 10.1. The summed E-state index contributed by atoms with van der Waals surface area (Å²) in [5.74, 6) is 5.13. The number of ether oxygens (including phenoxy) is 1. The van der Waals surface area contributed by atoms with Crippen LogP contribution < -0.4 is 0 Å². The molecule has 0 aliphatic rings. The molecule has 0 unspecified atom stereocenters. The molecule has 0 fully saturated rings. The molecule has 17 heavy (non-hydrogen) atoms. The Labute approximate surface area is 98.2 Å². The van der Waals surface area contributed by atoms with Gasteiger partial charge in [-0.3, -0.25) is 4.98 Å². The topological polar surface area (TPSA) is 88.0 Å². The van der Waals surface area contributed by atoms with Crippen LogP contribution in [0.4, 0.5) is 0 Å². The van der Waals surface area contributed by atoms with Gasteiger partial charge in [-0.1, -0.05) is 17.0 Å². The minimum Gasteiger partial charge on any atom is -0.465 e. The third-order valence-electron chi connectivity index (χ3n) is 1.85. The van der Waals surface area contributed by atoms with Crippen molar-refractivity contribution in [3.63, 3.8) is 0 Å². The molecule has 0 aliphatic carbocycles. The number of aromatic nitrogens is 1. The first-order valence-electron chi connectivity index (χ1n) is 4.81. The van der Waals surface area contributed by atoms with Crippen LogP contribution in [0.25, 0.3) is 10.4 Å². The van der Waals surface area contributed by atoms with Crippen molar-refractivity contribution in [3.8, 4) is 11.8 Å². The molecular weight excluding hydrogens is 220 g/mol. The maximum atomic E-state index is 11.4. The van der Waals surface area contributed by atoms with E-state index in [0.717, 1.165) is 0 Å². The third-order valence-corrected chi connectivity index (χ3v) is 1.85. The smallest absolute Gasteiger partial charge is 0.339 e. The molecule has 0 spiro atoms. The highest BCUT2D eigenvalue weighted by molar-refractivity contribution is 5.92. The Balaban J connectivity index is 2.83. The summed E-state index contributed by atoms with van der Waals surface area (Å²) < 4.78 is 4.62. The Morgan fingerprint density at radius 3 is 3.24 bits per heavy atom. The van der Waals surface area contributed by atoms with Crippen molar-refractivity contribution in [2.75, 3.05) is 13.7 Å². The van der Waals surface area contributed by atoms with Crippen LogP contribution >= 0.6 is 0 Å². The van der Waals surface area contributed by atoms with Crippen LogP contribution in [-0.2, 0) is 4.74 Å². The summed E-state index contributed by atoms with van der Waals surface area (Å²) in [5.41, 5.74) is 8.94. The van der Waals surface area contributed by atoms with Crippen LogP contribution in [0.2, 0.25) is 0 Å². The summed E-state index contributed by atoms with van der Waals surface area (Å²) in [6.07, 6.45) is 3.42. The molecule has 1 aromatic rings. The SMILES string of the molecule is COC(=O)c1ccncc1C#CCCN=[N+]=[N-]. The van der Waals surface area contributed by atoms with Crippen LogP contribution in [0.1, 0.15) is 22.3 Å². The first kappa shape index (κ1) is 12.6. The highest BCUT2D eigenvalue weighted by atomic mass is 16.5. The zero-order chi connectivity index (χ0) is 12.5. The molecule has 0 bridgehead atoms. The molecule has 6 nitrogen and oxygen atoms in total. The van der Waals surface area contributed by atoms with Gasteiger partial charge in [0.05, 0.1) is 18.2 Å². The summed E-state index contributed by atoms with van der Waals surface area (Å²) in [5, 5.41) is 3.35. The molecule has 1 aromatic heterocycles. The van der Waals surface area contributed by atoms with Crippen LogP contribution in [0.15, 0.2) is 23.6 Å². The third kappa shape index (κ3) is 3.86. The predicted octanol–water partition coefficient (Wildman–Crippen LogP) is 1.92. The van der Waals surface area contributed by atoms with Crippen LogP contribution in [0.3, 0.4) is 0 Å². The minimum absolute atomic E-state index is 0.303. The largest absolute Gasteiger partial charge is 0.465 e. The highest BCUT2D eigenvalue weighted by Gasteiger charge is 2.09. The number of carbonyl (C=O) groups excluding carboxylic acids is 1. The van der Waals surface area contributed by atoms with Crippen LogP contribution in [-0.4, -0.2) is 24.6 Å². The van der Waals surface area contributed by atoms with Crippen molar-refractivity contribution in [1.82, 2.24) is 4.98 Å². The van der Waals surface area contributed by atoms with Crippen molar-refractivity contribution in [2.24, 2.45) is 5.11 Å². The number of azide groups is 1. The van der Waals surface area contributed by atoms with Gasteiger partial charge < -0.3 is 4.74 Å². The van der Waals surface area contributed by atoms with Gasteiger partial charge in [0.2, 0.25) is 0 Å². The quantitative estimate of drug-likeness (QED) is 0.198. The molecule has 0 aliphatic heterocycles. The Morgan fingerprint density at radius 1 is 1.71 bits per heavy atom. The number of nitrogens with zero attached hydrogens (tertiary/aromatic N) is 4. The van der Waals surface area contributed by atoms with Crippen molar-refractivity contribution >= 4 is 5.97 Å². The zero-order valence-electron chi connectivity index (χ0n) is 9.25. The molecule has 6 heteroatoms. The lowest BCUT2D eigenvalue weighted by Crippen LogP contribution is -2.04. The molecule has 0 saturated heterocycles. The summed E-state index contributed by atoms with van der Waals surface area (Å²) in [6, 6.07) is 1.54. The van der Waals surface area contributed by atoms with E-state index in [-0.39, 0.29) is 0 Å². The van der Waals surface area contributed by atoms with Crippen molar-refractivity contribution in [3.05, 3.63) is 40.0 Å². The van der Waals surface area contributed by atoms with E-state index in [1.807, 2.05) is 0 Å². The Bertz CT molecular complexity index is 510. The van der Waals surface area contributed by atoms with E-state index in [0.29, 0.717) is 24.1 Å². The van der Waals surface area contributed by atoms with Gasteiger partial charge in [-0.2, -0.15) is 0 Å². The molecular formula is C11H10N4O2. The summed E-state index contributed by atoms with van der Waals surface area (Å²) in [7, 11) is 1.31. The van der Waals surface area contributed by atoms with Crippen LogP contribution in [0.5, 0.6) is 0 Å². The average Bonchev–Trinajstić information content (AvgIpc) is 2.38. The fourth-order valence-corrected chi connectivity index (χ4v) is 1.09. The Morgan fingerprint density at radius 2 is 2.53 bits per heavy atom. The summed E-state index contributed by atoms with van der Waals surface area (Å²) in [4.78, 5) is 17.9. The second-order valence-corrected chi connectivity index (χ2v) is 2.92. The molecule has 0 aromatic carbocycles. The first-order chi connectivity index (χ1) is 8.29. The average molecular weight is 230 g/mol. The molecule has 1 heterocycles. The van der Waals surface area contributed by atoms with Gasteiger partial charge in [0, 0.05) is 30.3 Å². The van der Waals surface area contributed by atoms with E-state index in [9.17, 15) is 4.79 Å². The van der Waals surface area contributed by atoms with Gasteiger partial charge >= 0.3 is 5.97 Å². The maximum Gasteiger partial charge on any atom is 0.339 e. The van der Waals surface area contributed by atoms with Gasteiger partial charge in [-0.05, 0) is 11.6 Å². The van der Waals surface area contributed by atoms with Gasteiger partial charge in [0.25, 0.3) is 0 Å². The van der Waals surface area contributed by atoms with E-state index < -0.39 is 5.97 Å². The normalized spacial score (nSPS) is 8.53. The molecule has 0 radical (unpaired) electrons. The fourth-order valence-electron chi connectivity index (χ4n) is 1.09. The Hall–Kier alpha value is -2.51. The fraction of sp³-hybridized carbons (Fsp3) is 0.273. The molecule has 0 saturated carbocycles. The number of rotatable bonds is 3. The molecule has 1 rings (SSSR count). The monoisotopic (exact) mass is 230 g/mol. The number of hydrogen-bond donors (Lipinski definition) is 0. The second-order valence-electron chi connectivity index (χ2n) is 2.92. The van der Waals surface area contributed by atoms with Gasteiger partial charge in [-0.25, -0.2) is 4.79 Å². The number of carbonyl (C=O) groups is 1. The van der Waals surface area contributed by atoms with Gasteiger partial charge in [0.1, 0.15) is 0 Å². The van der Waals surface area contributed by atoms with E-state index in [2.05, 4.69) is 31.6 Å². The molecule has 86 valence electrons. The van der Waals surface area contributed by atoms with Crippen LogP contribution in [0, 0.1) is 11.8 Å². The minimum atomic E-state index is -0.452. The molecule has 0 N–H and O–H groups in total. The van der Waals surface area contributed by atoms with E-state index in [1.165, 1.54) is 19.5 Å². The van der Waals surface area contributed by atoms with E-state index >= 15 is 0 Å². The van der Waals surface area contributed by atoms with Crippen molar-refractivity contribution in [2.45, 2.75) is 6.42 Å². The van der Waals surface area contributed by atoms with Gasteiger partial charge in [0.15, 0.2) is 0 Å². The molecule has 0 amide bonds. The standard InChI is InChI=1S/C11H10N4O2/c1-17-11(16)10-5-7-13-8-9(10)4-2-3-6-14-15-12/h5,7-8H,3,6H2,1H3. The lowest BCUT2D eigenvalue weighted by molar-refractivity contribution is 0.0600. The van der Waals surface area contributed by atoms with E-state index in [4.69, 9.17) is 5.53 Å². The predicted molar refractivity (Wildman–Crippen MR) is 61.1 cm³/mol. The maximum absolute atomic E-state index is 11.4. The zero-order valence-corrected chi connectivity index (χ0v) is 9.25. The number of hydrogen-bond acceptors (Lipinski definition) is 4. The number of methoxy groups -OCH3 is 1. The molecule has 0 atom stereocenters. The van der Waals surface area contributed by atoms with Crippen molar-refractivity contribution in [1.29, 1.82) is 0 Å². The van der Waals surface area contributed by atoms with E-state index in [1.54, 1.807) is 6.07 Å². The number of esters is 1. The summed E-state index contributed by atoms with van der Waals surface area (Å²) >= 11 is 0. The first-order valence-corrected chi connectivity index (χ1v) is 4.81. The highest BCUT2D eigenvalue weighted by Crippen LogP contribution is 2.06. The number of pyridine rings is 1. The second kappa shape index (κ2) is 6.88. The Kier molecular flexibility index (Phi) is 5.08. The van der Waals surface area contributed by atoms with Gasteiger partial charge in [-0.15, -0.1) is 0 Å². The van der Waals surface area contributed by atoms with Crippen molar-refractivity contribution < 1.29 is 9.53 Å². The lowest BCUT2D eigenvalue weighted by Gasteiger charge is -2.00. The summed E-state index contributed by atoms with van der Waals surface area (Å²) in [6.45, 7) is 0.303.